The van der Waals surface area contributed by atoms with Gasteiger partial charge < -0.3 is 14.7 Å². The van der Waals surface area contributed by atoms with Crippen LogP contribution in [0.1, 0.15) is 46.8 Å². The number of ketones is 1. The number of carbonyl (C=O) groups excluding carboxylic acids is 1. The minimum absolute atomic E-state index is 0.235. The van der Waals surface area contributed by atoms with Gasteiger partial charge in [0.1, 0.15) is 0 Å². The molecule has 2 aliphatic heterocycles. The smallest absolute Gasteiger partial charge is 0.177 e. The Morgan fingerprint density at radius 1 is 0.932 bits per heavy atom. The van der Waals surface area contributed by atoms with Crippen LogP contribution in [0.25, 0.3) is 10.8 Å². The number of rotatable bonds is 12. The molecule has 5 rings (SSSR count). The van der Waals surface area contributed by atoms with E-state index in [0.717, 1.165) is 42.4 Å². The summed E-state index contributed by atoms with van der Waals surface area (Å²) in [5.74, 6) is 0.235. The van der Waals surface area contributed by atoms with Gasteiger partial charge in [-0.3, -0.25) is 14.6 Å². The number of hydrogen-bond donors (Lipinski definition) is 0. The molecule has 0 bridgehead atoms. The molecule has 2 aliphatic rings. The molecule has 3 atom stereocenters. The van der Waals surface area contributed by atoms with Crippen LogP contribution in [0, 0.1) is 13.8 Å². The van der Waals surface area contributed by atoms with Crippen molar-refractivity contribution in [2.75, 3.05) is 80.0 Å². The highest BCUT2D eigenvalue weighted by atomic mass is 16.1. The Morgan fingerprint density at radius 3 is 2.43 bits per heavy atom. The molecule has 6 heteroatoms. The fourth-order valence-corrected chi connectivity index (χ4v) is 7.26. The zero-order valence-electron chi connectivity index (χ0n) is 28.1. The van der Waals surface area contributed by atoms with Crippen molar-refractivity contribution in [1.82, 2.24) is 24.5 Å². The van der Waals surface area contributed by atoms with Gasteiger partial charge in [-0.15, -0.1) is 0 Å². The van der Waals surface area contributed by atoms with E-state index in [1.807, 2.05) is 24.3 Å². The number of piperazine rings is 2. The minimum Gasteiger partial charge on any atom is -0.305 e. The average molecular weight is 598 g/mol. The molecule has 0 aliphatic carbocycles. The van der Waals surface area contributed by atoms with Crippen molar-refractivity contribution in [3.05, 3.63) is 82.9 Å². The van der Waals surface area contributed by atoms with Gasteiger partial charge in [0.25, 0.3) is 0 Å². The summed E-state index contributed by atoms with van der Waals surface area (Å²) in [5.41, 5.74) is 5.03. The molecule has 0 spiro atoms. The SMILES string of the molecule is Cc1ccc(C[C@@H](CN2C[C@@H](C)N(CC(=O)c3cccc4ccccc34)C[C@@H]2CCCN2CCN(C)CC2)N(C)C)c(C)c1. The highest BCUT2D eigenvalue weighted by molar-refractivity contribution is 6.09. The summed E-state index contributed by atoms with van der Waals surface area (Å²) in [7, 11) is 6.70. The first-order chi connectivity index (χ1) is 21.2. The van der Waals surface area contributed by atoms with E-state index in [0.29, 0.717) is 24.7 Å². The number of carbonyl (C=O) groups is 1. The molecule has 2 heterocycles. The average Bonchev–Trinajstić information content (AvgIpc) is 3.00. The van der Waals surface area contributed by atoms with E-state index >= 15 is 0 Å². The van der Waals surface area contributed by atoms with Gasteiger partial charge in [0.2, 0.25) is 0 Å². The van der Waals surface area contributed by atoms with Gasteiger partial charge in [0, 0.05) is 69.5 Å². The number of nitrogens with zero attached hydrogens (tertiary/aromatic N) is 5. The van der Waals surface area contributed by atoms with Gasteiger partial charge in [-0.1, -0.05) is 66.2 Å². The van der Waals surface area contributed by atoms with E-state index in [2.05, 4.69) is 103 Å². The van der Waals surface area contributed by atoms with Crippen LogP contribution in [0.4, 0.5) is 0 Å². The van der Waals surface area contributed by atoms with Crippen LogP contribution in [-0.4, -0.2) is 128 Å². The van der Waals surface area contributed by atoms with Gasteiger partial charge in [0.05, 0.1) is 6.54 Å². The quantitative estimate of drug-likeness (QED) is 0.267. The molecule has 0 saturated carbocycles. The maximum atomic E-state index is 13.8. The third-order valence-corrected chi connectivity index (χ3v) is 10.3. The molecule has 0 aromatic heterocycles. The van der Waals surface area contributed by atoms with E-state index in [1.54, 1.807) is 0 Å². The summed E-state index contributed by atoms with van der Waals surface area (Å²) in [6.45, 7) is 16.1. The zero-order valence-corrected chi connectivity index (χ0v) is 28.1. The maximum Gasteiger partial charge on any atom is 0.177 e. The lowest BCUT2D eigenvalue weighted by Crippen LogP contribution is -2.60. The fourth-order valence-electron chi connectivity index (χ4n) is 7.26. The second-order valence-electron chi connectivity index (χ2n) is 13.9. The van der Waals surface area contributed by atoms with Gasteiger partial charge in [-0.05, 0) is 89.6 Å². The lowest BCUT2D eigenvalue weighted by atomic mass is 9.96. The van der Waals surface area contributed by atoms with E-state index in [-0.39, 0.29) is 5.78 Å². The van der Waals surface area contributed by atoms with Crippen molar-refractivity contribution >= 4 is 16.6 Å². The lowest BCUT2D eigenvalue weighted by molar-refractivity contribution is 0.0165. The predicted octanol–water partition coefficient (Wildman–Crippen LogP) is 5.21. The number of aryl methyl sites for hydroxylation is 2. The molecule has 0 unspecified atom stereocenters. The van der Waals surface area contributed by atoms with Gasteiger partial charge in [-0.2, -0.15) is 0 Å². The summed E-state index contributed by atoms with van der Waals surface area (Å²) < 4.78 is 0. The molecule has 3 aromatic carbocycles. The molecule has 0 N–H and O–H groups in total. The Kier molecular flexibility index (Phi) is 11.3. The minimum atomic E-state index is 0.235. The second kappa shape index (κ2) is 15.1. The number of fused-ring (bicyclic) bond motifs is 1. The van der Waals surface area contributed by atoms with Gasteiger partial charge >= 0.3 is 0 Å². The van der Waals surface area contributed by atoms with Gasteiger partial charge in [-0.25, -0.2) is 0 Å². The van der Waals surface area contributed by atoms with Gasteiger partial charge in [0.15, 0.2) is 5.78 Å². The largest absolute Gasteiger partial charge is 0.305 e. The van der Waals surface area contributed by atoms with Crippen molar-refractivity contribution in [1.29, 1.82) is 0 Å². The molecule has 3 aromatic rings. The number of hydrogen-bond acceptors (Lipinski definition) is 6. The number of benzene rings is 3. The van der Waals surface area contributed by atoms with Crippen LogP contribution in [0.3, 0.4) is 0 Å². The van der Waals surface area contributed by atoms with Crippen LogP contribution in [0.15, 0.2) is 60.7 Å². The Labute approximate surface area is 266 Å². The van der Waals surface area contributed by atoms with Crippen molar-refractivity contribution in [3.8, 4) is 0 Å². The van der Waals surface area contributed by atoms with Crippen molar-refractivity contribution in [3.63, 3.8) is 0 Å². The molecule has 2 saturated heterocycles. The monoisotopic (exact) mass is 597 g/mol. The predicted molar refractivity (Wildman–Crippen MR) is 185 cm³/mol. The first-order valence-electron chi connectivity index (χ1n) is 16.8. The summed E-state index contributed by atoms with van der Waals surface area (Å²) in [6.07, 6.45) is 3.43. The lowest BCUT2D eigenvalue weighted by Gasteiger charge is -2.47. The number of likely N-dealkylation sites (N-methyl/N-ethyl adjacent to an activating group) is 2. The standard InChI is InChI=1S/C38H55N5O/c1-29-16-17-33(30(2)23-29)24-35(39(4)5)27-43-25-31(3)42(26-34(43)13-10-18-41-21-19-40(6)20-22-41)28-38(44)37-15-9-12-32-11-7-8-14-36(32)37/h7-9,11-12,14-17,23,31,34-35H,10,13,18-22,24-28H2,1-6H3/t31-,34+,35+/m1/s1. The zero-order chi connectivity index (χ0) is 31.2. The Bertz CT molecular complexity index is 1380. The van der Waals surface area contributed by atoms with E-state index in [9.17, 15) is 4.79 Å². The third kappa shape index (κ3) is 8.35. The summed E-state index contributed by atoms with van der Waals surface area (Å²) in [5, 5.41) is 2.20. The molecule has 0 amide bonds. The van der Waals surface area contributed by atoms with E-state index in [4.69, 9.17) is 0 Å². The summed E-state index contributed by atoms with van der Waals surface area (Å²) in [6, 6.07) is 22.5. The second-order valence-corrected chi connectivity index (χ2v) is 13.9. The van der Waals surface area contributed by atoms with Crippen LogP contribution in [0.5, 0.6) is 0 Å². The van der Waals surface area contributed by atoms with E-state index in [1.165, 1.54) is 62.3 Å². The normalized spacial score (nSPS) is 21.7. The maximum absolute atomic E-state index is 13.8. The van der Waals surface area contributed by atoms with Crippen LogP contribution in [-0.2, 0) is 6.42 Å². The molecular weight excluding hydrogens is 542 g/mol. The number of Topliss-reactive ketones (excluding diaryl/α,β-unsaturated/α-hetero) is 1. The van der Waals surface area contributed by atoms with Crippen molar-refractivity contribution in [2.45, 2.75) is 58.2 Å². The molecule has 6 nitrogen and oxygen atoms in total. The summed E-state index contributed by atoms with van der Waals surface area (Å²) >= 11 is 0. The van der Waals surface area contributed by atoms with Crippen LogP contribution >= 0.6 is 0 Å². The van der Waals surface area contributed by atoms with E-state index < -0.39 is 0 Å². The highest BCUT2D eigenvalue weighted by Gasteiger charge is 2.34. The molecule has 0 radical (unpaired) electrons. The highest BCUT2D eigenvalue weighted by Crippen LogP contribution is 2.24. The molecular formula is C38H55N5O. The summed E-state index contributed by atoms with van der Waals surface area (Å²) in [4.78, 5) is 26.5. The topological polar surface area (TPSA) is 33.3 Å². The Hall–Kier alpha value is -2.61. The van der Waals surface area contributed by atoms with Crippen molar-refractivity contribution < 1.29 is 4.79 Å². The van der Waals surface area contributed by atoms with Crippen molar-refractivity contribution in [2.24, 2.45) is 0 Å². The molecule has 2 fully saturated rings. The van der Waals surface area contributed by atoms with Crippen LogP contribution < -0.4 is 0 Å². The third-order valence-electron chi connectivity index (χ3n) is 10.3. The van der Waals surface area contributed by atoms with Crippen LogP contribution in [0.2, 0.25) is 0 Å². The Balaban J connectivity index is 1.30. The molecule has 238 valence electrons. The molecule has 44 heavy (non-hydrogen) atoms. The first kappa shape index (κ1) is 32.8. The first-order valence-corrected chi connectivity index (χ1v) is 16.8. The fraction of sp³-hybridized carbons (Fsp3) is 0.553. The Morgan fingerprint density at radius 2 is 1.68 bits per heavy atom.